The van der Waals surface area contributed by atoms with Gasteiger partial charge in [-0.05, 0) is 40.2 Å². The molecule has 0 bridgehead atoms. The first-order chi connectivity index (χ1) is 9.11. The predicted molar refractivity (Wildman–Crippen MR) is 77.3 cm³/mol. The normalized spacial score (nSPS) is 10.0. The minimum atomic E-state index is -0.324. The second-order valence-electron chi connectivity index (χ2n) is 3.75. The summed E-state index contributed by atoms with van der Waals surface area (Å²) in [5, 5.41) is 2.73. The molecule has 0 saturated heterocycles. The standard InChI is InChI=1S/C13H12BrN3O2/c1-19-11-7-8(15)4-5-10(11)17-13(18)12-9(14)3-2-6-16-12/h2-7H,15H2,1H3,(H,17,18). The minimum absolute atomic E-state index is 0.307. The zero-order valence-electron chi connectivity index (χ0n) is 10.2. The average Bonchev–Trinajstić information content (AvgIpc) is 2.41. The van der Waals surface area contributed by atoms with Crippen LogP contribution in [0.15, 0.2) is 41.0 Å². The van der Waals surface area contributed by atoms with Gasteiger partial charge in [0.2, 0.25) is 0 Å². The fraction of sp³-hybridized carbons (Fsp3) is 0.0769. The van der Waals surface area contributed by atoms with E-state index < -0.39 is 0 Å². The second kappa shape index (κ2) is 5.71. The number of nitrogens with zero attached hydrogens (tertiary/aromatic N) is 1. The van der Waals surface area contributed by atoms with Crippen LogP contribution in [-0.2, 0) is 0 Å². The Balaban J connectivity index is 2.27. The molecular weight excluding hydrogens is 310 g/mol. The van der Waals surface area contributed by atoms with Gasteiger partial charge in [0.15, 0.2) is 0 Å². The Morgan fingerprint density at radius 3 is 2.89 bits per heavy atom. The number of nitrogens with two attached hydrogens (primary N) is 1. The fourth-order valence-corrected chi connectivity index (χ4v) is 1.98. The van der Waals surface area contributed by atoms with Gasteiger partial charge in [0.25, 0.3) is 5.91 Å². The molecule has 0 aliphatic carbocycles. The number of halogens is 1. The summed E-state index contributed by atoms with van der Waals surface area (Å²) in [4.78, 5) is 16.1. The van der Waals surface area contributed by atoms with E-state index in [9.17, 15) is 4.79 Å². The molecule has 0 atom stereocenters. The first-order valence-corrected chi connectivity index (χ1v) is 6.26. The fourth-order valence-electron chi connectivity index (χ4n) is 1.55. The highest BCUT2D eigenvalue weighted by atomic mass is 79.9. The maximum absolute atomic E-state index is 12.1. The van der Waals surface area contributed by atoms with Crippen molar-refractivity contribution in [3.63, 3.8) is 0 Å². The van der Waals surface area contributed by atoms with Crippen molar-refractivity contribution in [2.24, 2.45) is 0 Å². The second-order valence-corrected chi connectivity index (χ2v) is 4.60. The number of rotatable bonds is 3. The molecule has 1 heterocycles. The van der Waals surface area contributed by atoms with Crippen LogP contribution in [0.1, 0.15) is 10.5 Å². The number of methoxy groups -OCH3 is 1. The number of nitrogens with one attached hydrogen (secondary N) is 1. The lowest BCUT2D eigenvalue weighted by Crippen LogP contribution is -2.15. The van der Waals surface area contributed by atoms with Gasteiger partial charge in [-0.1, -0.05) is 0 Å². The van der Waals surface area contributed by atoms with Crippen LogP contribution in [0.3, 0.4) is 0 Å². The highest BCUT2D eigenvalue weighted by Gasteiger charge is 2.13. The van der Waals surface area contributed by atoms with E-state index in [0.29, 0.717) is 27.3 Å². The van der Waals surface area contributed by atoms with E-state index in [2.05, 4.69) is 26.2 Å². The number of amides is 1. The molecule has 1 aromatic heterocycles. The number of hydrogen-bond donors (Lipinski definition) is 2. The third-order valence-corrected chi connectivity index (χ3v) is 3.09. The average molecular weight is 322 g/mol. The number of anilines is 2. The summed E-state index contributed by atoms with van der Waals surface area (Å²) in [7, 11) is 1.51. The molecule has 6 heteroatoms. The molecule has 0 fully saturated rings. The molecule has 2 aromatic rings. The van der Waals surface area contributed by atoms with Crippen LogP contribution >= 0.6 is 15.9 Å². The first-order valence-electron chi connectivity index (χ1n) is 5.47. The van der Waals surface area contributed by atoms with E-state index in [1.54, 1.807) is 36.5 Å². The molecule has 0 radical (unpaired) electrons. The van der Waals surface area contributed by atoms with Crippen LogP contribution in [0.4, 0.5) is 11.4 Å². The highest BCUT2D eigenvalue weighted by molar-refractivity contribution is 9.10. The van der Waals surface area contributed by atoms with Crippen molar-refractivity contribution >= 4 is 33.2 Å². The zero-order chi connectivity index (χ0) is 13.8. The number of aromatic nitrogens is 1. The molecule has 1 amide bonds. The molecule has 5 nitrogen and oxygen atoms in total. The van der Waals surface area contributed by atoms with Gasteiger partial charge in [-0.15, -0.1) is 0 Å². The van der Waals surface area contributed by atoms with Crippen LogP contribution in [0, 0.1) is 0 Å². The Kier molecular flexibility index (Phi) is 4.01. The van der Waals surface area contributed by atoms with Gasteiger partial charge in [-0.2, -0.15) is 0 Å². The van der Waals surface area contributed by atoms with Crippen LogP contribution in [0.25, 0.3) is 0 Å². The minimum Gasteiger partial charge on any atom is -0.494 e. The highest BCUT2D eigenvalue weighted by Crippen LogP contribution is 2.27. The number of benzene rings is 1. The van der Waals surface area contributed by atoms with Gasteiger partial charge in [-0.3, -0.25) is 4.79 Å². The van der Waals surface area contributed by atoms with E-state index >= 15 is 0 Å². The summed E-state index contributed by atoms with van der Waals surface area (Å²) in [6.45, 7) is 0. The SMILES string of the molecule is COc1cc(N)ccc1NC(=O)c1ncccc1Br. The lowest BCUT2D eigenvalue weighted by molar-refractivity contribution is 0.102. The Labute approximate surface area is 118 Å². The summed E-state index contributed by atoms with van der Waals surface area (Å²) in [5.74, 6) is 0.177. The quantitative estimate of drug-likeness (QED) is 0.852. The van der Waals surface area contributed by atoms with Gasteiger partial charge < -0.3 is 15.8 Å². The maximum Gasteiger partial charge on any atom is 0.275 e. The molecule has 1 aromatic carbocycles. The maximum atomic E-state index is 12.1. The number of carbonyl (C=O) groups is 1. The summed E-state index contributed by atoms with van der Waals surface area (Å²) in [5.41, 5.74) is 7.07. The smallest absolute Gasteiger partial charge is 0.275 e. The molecule has 98 valence electrons. The molecule has 0 saturated carbocycles. The Bertz CT molecular complexity index is 617. The molecule has 3 N–H and O–H groups in total. The topological polar surface area (TPSA) is 77.2 Å². The molecule has 0 unspecified atom stereocenters. The lowest BCUT2D eigenvalue weighted by atomic mass is 10.2. The number of nitrogen functional groups attached to an aromatic ring is 1. The number of ether oxygens (including phenoxy) is 1. The van der Waals surface area contributed by atoms with Crippen LogP contribution in [0.2, 0.25) is 0 Å². The Morgan fingerprint density at radius 2 is 2.21 bits per heavy atom. The van der Waals surface area contributed by atoms with Crippen molar-refractivity contribution in [1.29, 1.82) is 0 Å². The largest absolute Gasteiger partial charge is 0.494 e. The van der Waals surface area contributed by atoms with Crippen molar-refractivity contribution in [3.8, 4) is 5.75 Å². The number of pyridine rings is 1. The van der Waals surface area contributed by atoms with Crippen molar-refractivity contribution in [3.05, 3.63) is 46.7 Å². The van der Waals surface area contributed by atoms with Gasteiger partial charge in [0.1, 0.15) is 11.4 Å². The third-order valence-electron chi connectivity index (χ3n) is 2.45. The molecule has 0 aliphatic rings. The van der Waals surface area contributed by atoms with E-state index in [4.69, 9.17) is 10.5 Å². The first kappa shape index (κ1) is 13.4. The molecule has 2 rings (SSSR count). The van der Waals surface area contributed by atoms with Crippen molar-refractivity contribution in [1.82, 2.24) is 4.98 Å². The van der Waals surface area contributed by atoms with Gasteiger partial charge in [0.05, 0.1) is 12.8 Å². The number of hydrogen-bond acceptors (Lipinski definition) is 4. The monoisotopic (exact) mass is 321 g/mol. The van der Waals surface area contributed by atoms with E-state index in [1.165, 1.54) is 7.11 Å². The van der Waals surface area contributed by atoms with E-state index in [1.807, 2.05) is 0 Å². The lowest BCUT2D eigenvalue weighted by Gasteiger charge is -2.11. The summed E-state index contributed by atoms with van der Waals surface area (Å²) >= 11 is 3.28. The van der Waals surface area contributed by atoms with Crippen LogP contribution in [0.5, 0.6) is 5.75 Å². The predicted octanol–water partition coefficient (Wildman–Crippen LogP) is 2.69. The van der Waals surface area contributed by atoms with E-state index in [0.717, 1.165) is 0 Å². The summed E-state index contributed by atoms with van der Waals surface area (Å²) in [6, 6.07) is 8.50. The van der Waals surface area contributed by atoms with E-state index in [-0.39, 0.29) is 5.91 Å². The van der Waals surface area contributed by atoms with Gasteiger partial charge in [0, 0.05) is 22.4 Å². The van der Waals surface area contributed by atoms with Gasteiger partial charge >= 0.3 is 0 Å². The summed E-state index contributed by atoms with van der Waals surface area (Å²) < 4.78 is 5.79. The molecular formula is C13H12BrN3O2. The Hall–Kier alpha value is -2.08. The van der Waals surface area contributed by atoms with Crippen molar-refractivity contribution in [2.45, 2.75) is 0 Å². The summed E-state index contributed by atoms with van der Waals surface area (Å²) in [6.07, 6.45) is 1.56. The third kappa shape index (κ3) is 3.03. The van der Waals surface area contributed by atoms with Crippen LogP contribution < -0.4 is 15.8 Å². The van der Waals surface area contributed by atoms with Crippen molar-refractivity contribution < 1.29 is 9.53 Å². The molecule has 19 heavy (non-hydrogen) atoms. The number of carbonyl (C=O) groups excluding carboxylic acids is 1. The van der Waals surface area contributed by atoms with Gasteiger partial charge in [-0.25, -0.2) is 4.98 Å². The Morgan fingerprint density at radius 1 is 1.42 bits per heavy atom. The molecule has 0 spiro atoms. The zero-order valence-corrected chi connectivity index (χ0v) is 11.8. The van der Waals surface area contributed by atoms with Crippen LogP contribution in [-0.4, -0.2) is 18.0 Å². The van der Waals surface area contributed by atoms with Crippen molar-refractivity contribution in [2.75, 3.05) is 18.2 Å². The molecule has 0 aliphatic heterocycles.